The summed E-state index contributed by atoms with van der Waals surface area (Å²) in [5.41, 5.74) is 1.22. The summed E-state index contributed by atoms with van der Waals surface area (Å²) in [5.74, 6) is 2.01. The maximum absolute atomic E-state index is 4.66. The van der Waals surface area contributed by atoms with E-state index in [1.54, 1.807) is 0 Å². The van der Waals surface area contributed by atoms with Gasteiger partial charge in [-0.25, -0.2) is 4.98 Å². The zero-order valence-electron chi connectivity index (χ0n) is 17.0. The van der Waals surface area contributed by atoms with Gasteiger partial charge in [0, 0.05) is 70.0 Å². The third kappa shape index (κ3) is 6.31. The second kappa shape index (κ2) is 11.6. The maximum Gasteiger partial charge on any atom is 0.193 e. The highest BCUT2D eigenvalue weighted by molar-refractivity contribution is 14.0. The number of anilines is 1. The molecule has 0 unspecified atom stereocenters. The van der Waals surface area contributed by atoms with Crippen LogP contribution in [0.5, 0.6) is 0 Å². The Morgan fingerprint density at radius 1 is 1.25 bits per heavy atom. The molecule has 0 amide bonds. The number of hydrogen-bond acceptors (Lipinski definition) is 5. The predicted molar refractivity (Wildman–Crippen MR) is 130 cm³/mol. The van der Waals surface area contributed by atoms with Gasteiger partial charge in [-0.3, -0.25) is 4.99 Å². The molecule has 1 fully saturated rings. The number of nitrogens with zero attached hydrogens (tertiary/aromatic N) is 5. The number of pyridine rings is 1. The molecular weight excluding hydrogens is 483 g/mol. The number of rotatable bonds is 6. The lowest BCUT2D eigenvalue weighted by Crippen LogP contribution is -2.45. The van der Waals surface area contributed by atoms with Gasteiger partial charge < -0.3 is 20.0 Å². The molecule has 0 bridgehead atoms. The SMILES string of the molecule is CN=C(NCc1cccnc1N1CCN(C)CC1)N(C)CCc1cccs1.I. The van der Waals surface area contributed by atoms with E-state index in [1.165, 1.54) is 10.4 Å². The van der Waals surface area contributed by atoms with Gasteiger partial charge in [0.05, 0.1) is 0 Å². The lowest BCUT2D eigenvalue weighted by Gasteiger charge is -2.34. The van der Waals surface area contributed by atoms with Gasteiger partial charge in [0.1, 0.15) is 5.82 Å². The minimum absolute atomic E-state index is 0. The molecule has 0 spiro atoms. The Bertz CT molecular complexity index is 728. The van der Waals surface area contributed by atoms with E-state index in [-0.39, 0.29) is 24.0 Å². The van der Waals surface area contributed by atoms with E-state index in [0.717, 1.165) is 57.5 Å². The first-order valence-electron chi connectivity index (χ1n) is 9.49. The van der Waals surface area contributed by atoms with Gasteiger partial charge in [0.25, 0.3) is 0 Å². The quantitative estimate of drug-likeness (QED) is 0.365. The molecule has 0 radical (unpaired) electrons. The molecule has 1 aliphatic heterocycles. The van der Waals surface area contributed by atoms with Crippen molar-refractivity contribution in [1.29, 1.82) is 0 Å². The summed E-state index contributed by atoms with van der Waals surface area (Å²) in [5, 5.41) is 5.64. The van der Waals surface area contributed by atoms with Crippen LogP contribution in [0.25, 0.3) is 0 Å². The highest BCUT2D eigenvalue weighted by atomic mass is 127. The Morgan fingerprint density at radius 3 is 2.71 bits per heavy atom. The molecule has 3 rings (SSSR count). The van der Waals surface area contributed by atoms with Crippen molar-refractivity contribution in [3.8, 4) is 0 Å². The van der Waals surface area contributed by atoms with Gasteiger partial charge in [-0.05, 0) is 31.0 Å². The van der Waals surface area contributed by atoms with Crippen LogP contribution in [0.4, 0.5) is 5.82 Å². The molecule has 3 heterocycles. The van der Waals surface area contributed by atoms with E-state index < -0.39 is 0 Å². The number of thiophene rings is 1. The van der Waals surface area contributed by atoms with Gasteiger partial charge in [0.2, 0.25) is 0 Å². The van der Waals surface area contributed by atoms with Crippen molar-refractivity contribution in [2.24, 2.45) is 4.99 Å². The normalized spacial score (nSPS) is 15.2. The number of halogens is 1. The molecule has 154 valence electrons. The zero-order valence-corrected chi connectivity index (χ0v) is 20.1. The highest BCUT2D eigenvalue weighted by Crippen LogP contribution is 2.18. The second-order valence-electron chi connectivity index (χ2n) is 6.93. The summed E-state index contributed by atoms with van der Waals surface area (Å²) in [4.78, 5) is 17.5. The Labute approximate surface area is 189 Å². The topological polar surface area (TPSA) is 47.0 Å². The fraction of sp³-hybridized carbons (Fsp3) is 0.500. The molecule has 0 atom stereocenters. The number of guanidine groups is 1. The van der Waals surface area contributed by atoms with Crippen molar-refractivity contribution in [2.75, 3.05) is 58.8 Å². The largest absolute Gasteiger partial charge is 0.354 e. The van der Waals surface area contributed by atoms with Crippen molar-refractivity contribution in [3.05, 3.63) is 46.3 Å². The van der Waals surface area contributed by atoms with Crippen LogP contribution in [-0.2, 0) is 13.0 Å². The molecule has 8 heteroatoms. The molecule has 0 aliphatic carbocycles. The van der Waals surface area contributed by atoms with Crippen LogP contribution in [0.3, 0.4) is 0 Å². The second-order valence-corrected chi connectivity index (χ2v) is 7.96. The number of aliphatic imine (C=N–C) groups is 1. The molecule has 6 nitrogen and oxygen atoms in total. The molecule has 0 aromatic carbocycles. The van der Waals surface area contributed by atoms with Gasteiger partial charge in [0.15, 0.2) is 5.96 Å². The first-order chi connectivity index (χ1) is 13.2. The summed E-state index contributed by atoms with van der Waals surface area (Å²) < 4.78 is 0. The number of aromatic nitrogens is 1. The van der Waals surface area contributed by atoms with Crippen LogP contribution in [0.1, 0.15) is 10.4 Å². The third-order valence-electron chi connectivity index (χ3n) is 4.95. The molecule has 1 saturated heterocycles. The smallest absolute Gasteiger partial charge is 0.193 e. The number of piperazine rings is 1. The predicted octanol–water partition coefficient (Wildman–Crippen LogP) is 2.76. The molecule has 2 aromatic rings. The minimum Gasteiger partial charge on any atom is -0.354 e. The van der Waals surface area contributed by atoms with Crippen molar-refractivity contribution in [2.45, 2.75) is 13.0 Å². The number of likely N-dealkylation sites (N-methyl/N-ethyl adjacent to an activating group) is 2. The van der Waals surface area contributed by atoms with Crippen LogP contribution in [-0.4, -0.2) is 74.6 Å². The fourth-order valence-electron chi connectivity index (χ4n) is 3.27. The average Bonchev–Trinajstić information content (AvgIpc) is 3.21. The third-order valence-corrected chi connectivity index (χ3v) is 5.89. The van der Waals surface area contributed by atoms with Crippen molar-refractivity contribution in [3.63, 3.8) is 0 Å². The average molecular weight is 514 g/mol. The summed E-state index contributed by atoms with van der Waals surface area (Å²) in [6, 6.07) is 8.47. The molecular formula is C20H31IN6S. The van der Waals surface area contributed by atoms with E-state index in [1.807, 2.05) is 30.6 Å². The van der Waals surface area contributed by atoms with Gasteiger partial charge in [-0.15, -0.1) is 35.3 Å². The zero-order chi connectivity index (χ0) is 19.1. The highest BCUT2D eigenvalue weighted by Gasteiger charge is 2.18. The van der Waals surface area contributed by atoms with Crippen LogP contribution in [0.2, 0.25) is 0 Å². The monoisotopic (exact) mass is 514 g/mol. The summed E-state index contributed by atoms with van der Waals surface area (Å²) >= 11 is 1.81. The van der Waals surface area contributed by atoms with Gasteiger partial charge in [-0.2, -0.15) is 0 Å². The lowest BCUT2D eigenvalue weighted by molar-refractivity contribution is 0.312. The Balaban J connectivity index is 0.00000280. The van der Waals surface area contributed by atoms with Crippen LogP contribution in [0, 0.1) is 0 Å². The molecule has 2 aromatic heterocycles. The van der Waals surface area contributed by atoms with E-state index in [4.69, 9.17) is 0 Å². The van der Waals surface area contributed by atoms with E-state index in [9.17, 15) is 0 Å². The van der Waals surface area contributed by atoms with Crippen LogP contribution < -0.4 is 10.2 Å². The molecule has 0 saturated carbocycles. The van der Waals surface area contributed by atoms with Crippen molar-refractivity contribution >= 4 is 47.1 Å². The summed E-state index contributed by atoms with van der Waals surface area (Å²) in [7, 11) is 6.11. The molecule has 1 aliphatic rings. The van der Waals surface area contributed by atoms with E-state index in [2.05, 4.69) is 67.7 Å². The van der Waals surface area contributed by atoms with E-state index >= 15 is 0 Å². The molecule has 1 N–H and O–H groups in total. The van der Waals surface area contributed by atoms with Crippen LogP contribution >= 0.6 is 35.3 Å². The Hall–Kier alpha value is -1.39. The Morgan fingerprint density at radius 2 is 2.04 bits per heavy atom. The first-order valence-corrected chi connectivity index (χ1v) is 10.4. The van der Waals surface area contributed by atoms with Crippen molar-refractivity contribution in [1.82, 2.24) is 20.1 Å². The number of hydrogen-bond donors (Lipinski definition) is 1. The molecule has 28 heavy (non-hydrogen) atoms. The maximum atomic E-state index is 4.66. The van der Waals surface area contributed by atoms with Gasteiger partial charge >= 0.3 is 0 Å². The minimum atomic E-state index is 0. The van der Waals surface area contributed by atoms with Crippen LogP contribution in [0.15, 0.2) is 40.8 Å². The van der Waals surface area contributed by atoms with E-state index in [0.29, 0.717) is 0 Å². The standard InChI is InChI=1S/C20H30N6S.HI/c1-21-20(25(3)10-8-18-7-5-15-27-18)23-16-17-6-4-9-22-19(17)26-13-11-24(2)12-14-26;/h4-7,9,15H,8,10-14,16H2,1-3H3,(H,21,23);1H. The number of nitrogens with one attached hydrogen (secondary N) is 1. The van der Waals surface area contributed by atoms with Gasteiger partial charge in [-0.1, -0.05) is 12.1 Å². The first kappa shape index (κ1) is 22.9. The summed E-state index contributed by atoms with van der Waals surface area (Å²) in [6.07, 6.45) is 2.92. The van der Waals surface area contributed by atoms with Crippen molar-refractivity contribution < 1.29 is 0 Å². The Kier molecular flexibility index (Phi) is 9.46. The fourth-order valence-corrected chi connectivity index (χ4v) is 3.97. The summed E-state index contributed by atoms with van der Waals surface area (Å²) in [6.45, 7) is 5.88. The lowest BCUT2D eigenvalue weighted by atomic mass is 10.2.